The molecule has 1 saturated heterocycles. The van der Waals surface area contributed by atoms with Crippen molar-refractivity contribution in [3.63, 3.8) is 0 Å². The number of aromatic amines is 1. The lowest BCUT2D eigenvalue weighted by Crippen LogP contribution is -2.18. The lowest BCUT2D eigenvalue weighted by Gasteiger charge is -2.18. The fourth-order valence-corrected chi connectivity index (χ4v) is 3.79. The van der Waals surface area contributed by atoms with Crippen molar-refractivity contribution in [3.8, 4) is 34.3 Å². The van der Waals surface area contributed by atoms with Crippen LogP contribution in [0.3, 0.4) is 0 Å². The summed E-state index contributed by atoms with van der Waals surface area (Å²) >= 11 is 0. The average Bonchev–Trinajstić information content (AvgIpc) is 3.41. The number of nitrogens with one attached hydrogen (secondary N) is 1. The summed E-state index contributed by atoms with van der Waals surface area (Å²) in [6.45, 7) is 3.05. The van der Waals surface area contributed by atoms with Crippen molar-refractivity contribution in [1.29, 1.82) is 5.26 Å². The fourth-order valence-electron chi connectivity index (χ4n) is 3.79. The van der Waals surface area contributed by atoms with Crippen molar-refractivity contribution < 1.29 is 4.74 Å². The van der Waals surface area contributed by atoms with E-state index in [0.717, 1.165) is 47.8 Å². The maximum Gasteiger partial charge on any atom is 0.142 e. The van der Waals surface area contributed by atoms with Gasteiger partial charge in [0.25, 0.3) is 0 Å². The number of hydrogen-bond donors (Lipinski definition) is 2. The normalized spacial score (nSPS) is 14.1. The van der Waals surface area contributed by atoms with Crippen LogP contribution in [0.5, 0.6) is 5.75 Å². The monoisotopic (exact) mass is 373 g/mol. The Kier molecular flexibility index (Phi) is 5.00. The van der Waals surface area contributed by atoms with E-state index in [-0.39, 0.29) is 5.82 Å². The molecule has 6 nitrogen and oxygen atoms in total. The van der Waals surface area contributed by atoms with Gasteiger partial charge in [-0.25, -0.2) is 4.98 Å². The zero-order chi connectivity index (χ0) is 19.5. The molecule has 0 bridgehead atoms. The highest BCUT2D eigenvalue weighted by Gasteiger charge is 2.18. The summed E-state index contributed by atoms with van der Waals surface area (Å²) in [6, 6.07) is 14.0. The molecule has 2 aromatic heterocycles. The number of likely N-dealkylation sites (tertiary alicyclic amines) is 1. The van der Waals surface area contributed by atoms with Gasteiger partial charge < -0.3 is 15.5 Å². The number of methoxy groups -OCH3 is 1. The average molecular weight is 373 g/mol. The molecule has 0 spiro atoms. The van der Waals surface area contributed by atoms with Crippen LogP contribution >= 0.6 is 0 Å². The summed E-state index contributed by atoms with van der Waals surface area (Å²) in [5.41, 5.74) is 10.9. The van der Waals surface area contributed by atoms with Crippen LogP contribution in [0, 0.1) is 11.3 Å². The molecule has 6 heteroatoms. The van der Waals surface area contributed by atoms with Gasteiger partial charge in [-0.2, -0.15) is 5.26 Å². The van der Waals surface area contributed by atoms with E-state index in [4.69, 9.17) is 10.5 Å². The highest BCUT2D eigenvalue weighted by Crippen LogP contribution is 2.34. The number of H-pyrrole nitrogens is 1. The van der Waals surface area contributed by atoms with Crippen molar-refractivity contribution in [1.82, 2.24) is 14.9 Å². The molecule has 3 heterocycles. The number of hydrogen-bond acceptors (Lipinski definition) is 5. The molecule has 0 aliphatic carbocycles. The number of ether oxygens (including phenoxy) is 1. The van der Waals surface area contributed by atoms with Crippen LogP contribution in [0.25, 0.3) is 22.5 Å². The van der Waals surface area contributed by atoms with Gasteiger partial charge in [0.1, 0.15) is 23.2 Å². The van der Waals surface area contributed by atoms with Crippen LogP contribution in [-0.2, 0) is 6.54 Å². The lowest BCUT2D eigenvalue weighted by molar-refractivity contribution is 0.321. The first-order chi connectivity index (χ1) is 13.7. The number of benzene rings is 1. The van der Waals surface area contributed by atoms with Crippen LogP contribution in [0.1, 0.15) is 24.0 Å². The molecule has 0 unspecified atom stereocenters. The molecule has 142 valence electrons. The van der Waals surface area contributed by atoms with Gasteiger partial charge >= 0.3 is 0 Å². The third-order valence-corrected chi connectivity index (χ3v) is 5.22. The van der Waals surface area contributed by atoms with Crippen molar-refractivity contribution >= 4 is 5.82 Å². The van der Waals surface area contributed by atoms with Gasteiger partial charge in [-0.15, -0.1) is 0 Å². The molecule has 0 amide bonds. The first-order valence-electron chi connectivity index (χ1n) is 9.43. The van der Waals surface area contributed by atoms with Gasteiger partial charge in [-0.3, -0.25) is 4.90 Å². The number of pyridine rings is 1. The number of nitrogens with zero attached hydrogens (tertiary/aromatic N) is 3. The number of anilines is 1. The molecule has 3 aromatic rings. The minimum Gasteiger partial charge on any atom is -0.496 e. The zero-order valence-electron chi connectivity index (χ0n) is 15.9. The predicted octanol–water partition coefficient (Wildman–Crippen LogP) is 3.80. The summed E-state index contributed by atoms with van der Waals surface area (Å²) in [5, 5.41) is 9.67. The Labute approximate surface area is 164 Å². The second-order valence-electron chi connectivity index (χ2n) is 7.02. The summed E-state index contributed by atoms with van der Waals surface area (Å²) in [7, 11) is 1.69. The van der Waals surface area contributed by atoms with Gasteiger partial charge in [0, 0.05) is 23.9 Å². The second-order valence-corrected chi connectivity index (χ2v) is 7.02. The Hall–Kier alpha value is -3.30. The van der Waals surface area contributed by atoms with E-state index in [1.165, 1.54) is 12.8 Å². The fraction of sp³-hybridized carbons (Fsp3) is 0.273. The topological polar surface area (TPSA) is 91.0 Å². The quantitative estimate of drug-likeness (QED) is 0.710. The van der Waals surface area contributed by atoms with Crippen molar-refractivity contribution in [2.24, 2.45) is 0 Å². The molecule has 1 aliphatic heterocycles. The summed E-state index contributed by atoms with van der Waals surface area (Å²) in [6.07, 6.45) is 4.31. The van der Waals surface area contributed by atoms with Crippen molar-refractivity contribution in [3.05, 3.63) is 53.7 Å². The maximum absolute atomic E-state index is 9.67. The molecule has 28 heavy (non-hydrogen) atoms. The lowest BCUT2D eigenvalue weighted by atomic mass is 9.97. The molecule has 0 saturated carbocycles. The van der Waals surface area contributed by atoms with Crippen LogP contribution < -0.4 is 10.5 Å². The number of nitrogens with two attached hydrogens (primary N) is 1. The molecule has 3 N–H and O–H groups in total. The molecular weight excluding hydrogens is 350 g/mol. The van der Waals surface area contributed by atoms with E-state index in [9.17, 15) is 5.26 Å². The highest BCUT2D eigenvalue weighted by atomic mass is 16.5. The summed E-state index contributed by atoms with van der Waals surface area (Å²) in [5.74, 6) is 1.10. The number of nitrogen functional groups attached to an aromatic ring is 1. The van der Waals surface area contributed by atoms with E-state index in [1.54, 1.807) is 7.11 Å². The number of rotatable bonds is 5. The van der Waals surface area contributed by atoms with Gasteiger partial charge in [0.2, 0.25) is 0 Å². The van der Waals surface area contributed by atoms with Crippen LogP contribution in [0.15, 0.2) is 42.6 Å². The molecule has 1 aliphatic rings. The molecule has 4 rings (SSSR count). The largest absolute Gasteiger partial charge is 0.496 e. The third-order valence-electron chi connectivity index (χ3n) is 5.22. The van der Waals surface area contributed by atoms with E-state index >= 15 is 0 Å². The molecular formula is C22H23N5O. The standard InChI is InChI=1S/C22H23N5O/c1-28-21-7-6-15(11-16(21)14-27-9-2-3-10-27)17-12-20(19-5-4-8-25-19)26-22(24)18(17)13-23/h4-8,11-12,25H,2-3,9-10,14H2,1H3,(H2,24,26). The Morgan fingerprint density at radius 3 is 2.75 bits per heavy atom. The smallest absolute Gasteiger partial charge is 0.142 e. The van der Waals surface area contributed by atoms with E-state index in [1.807, 2.05) is 36.5 Å². The number of nitriles is 1. The Balaban J connectivity index is 1.80. The van der Waals surface area contributed by atoms with Crippen molar-refractivity contribution in [2.75, 3.05) is 25.9 Å². The predicted molar refractivity (Wildman–Crippen MR) is 110 cm³/mol. The summed E-state index contributed by atoms with van der Waals surface area (Å²) < 4.78 is 5.58. The second kappa shape index (κ2) is 7.75. The molecule has 1 aromatic carbocycles. The van der Waals surface area contributed by atoms with Crippen LogP contribution in [-0.4, -0.2) is 35.1 Å². The SMILES string of the molecule is COc1ccc(-c2cc(-c3ccc[nH]3)nc(N)c2C#N)cc1CN1CCCC1. The van der Waals surface area contributed by atoms with Gasteiger partial charge in [-0.05, 0) is 61.8 Å². The first kappa shape index (κ1) is 18.1. The van der Waals surface area contributed by atoms with Gasteiger partial charge in [-0.1, -0.05) is 6.07 Å². The van der Waals surface area contributed by atoms with E-state index in [2.05, 4.69) is 27.0 Å². The minimum atomic E-state index is 0.238. The third kappa shape index (κ3) is 3.45. The minimum absolute atomic E-state index is 0.238. The highest BCUT2D eigenvalue weighted by molar-refractivity contribution is 5.80. The van der Waals surface area contributed by atoms with Gasteiger partial charge in [0.05, 0.1) is 18.5 Å². The molecule has 0 atom stereocenters. The Morgan fingerprint density at radius 2 is 2.07 bits per heavy atom. The molecule has 0 radical (unpaired) electrons. The van der Waals surface area contributed by atoms with Crippen LogP contribution in [0.4, 0.5) is 5.82 Å². The maximum atomic E-state index is 9.67. The Bertz CT molecular complexity index is 1010. The van der Waals surface area contributed by atoms with E-state index in [0.29, 0.717) is 11.3 Å². The first-order valence-corrected chi connectivity index (χ1v) is 9.43. The summed E-state index contributed by atoms with van der Waals surface area (Å²) in [4.78, 5) is 9.98. The van der Waals surface area contributed by atoms with Crippen molar-refractivity contribution in [2.45, 2.75) is 19.4 Å². The van der Waals surface area contributed by atoms with E-state index < -0.39 is 0 Å². The van der Waals surface area contributed by atoms with Crippen LogP contribution in [0.2, 0.25) is 0 Å². The Morgan fingerprint density at radius 1 is 1.25 bits per heavy atom. The molecule has 1 fully saturated rings. The zero-order valence-corrected chi connectivity index (χ0v) is 15.9. The number of aromatic nitrogens is 2. The van der Waals surface area contributed by atoms with Gasteiger partial charge in [0.15, 0.2) is 0 Å².